The minimum absolute atomic E-state index is 0.0942. The van der Waals surface area contributed by atoms with Gasteiger partial charge in [0.2, 0.25) is 12.7 Å². The lowest BCUT2D eigenvalue weighted by Crippen LogP contribution is -2.30. The van der Waals surface area contributed by atoms with Gasteiger partial charge < -0.3 is 14.8 Å². The molecule has 21 heavy (non-hydrogen) atoms. The molecule has 0 fully saturated rings. The number of nitrogens with one attached hydrogen (secondary N) is 1. The first-order chi connectivity index (χ1) is 10.1. The Hall–Kier alpha value is -2.02. The summed E-state index contributed by atoms with van der Waals surface area (Å²) in [7, 11) is 0. The van der Waals surface area contributed by atoms with Gasteiger partial charge in [-0.05, 0) is 40.5 Å². The summed E-state index contributed by atoms with van der Waals surface area (Å²) in [5.74, 6) is 1.36. The molecule has 0 bridgehead atoms. The SMILES string of the molecule is C[C@@H](C(=O)NCc1ccc2c(c1)OCO2)n1cc(Br)cn1. The van der Waals surface area contributed by atoms with Crippen molar-refractivity contribution in [3.8, 4) is 11.5 Å². The second kappa shape index (κ2) is 5.77. The highest BCUT2D eigenvalue weighted by atomic mass is 79.9. The molecule has 0 saturated heterocycles. The van der Waals surface area contributed by atoms with Crippen LogP contribution in [0.1, 0.15) is 18.5 Å². The third-order valence-electron chi connectivity index (χ3n) is 3.25. The maximum absolute atomic E-state index is 12.1. The molecule has 1 aromatic carbocycles. The van der Waals surface area contributed by atoms with E-state index in [-0.39, 0.29) is 18.7 Å². The lowest BCUT2D eigenvalue weighted by molar-refractivity contribution is -0.124. The quantitative estimate of drug-likeness (QED) is 0.917. The zero-order valence-corrected chi connectivity index (χ0v) is 13.0. The molecule has 110 valence electrons. The fourth-order valence-electron chi connectivity index (χ4n) is 2.03. The lowest BCUT2D eigenvalue weighted by atomic mass is 10.2. The Morgan fingerprint density at radius 3 is 3.05 bits per heavy atom. The van der Waals surface area contributed by atoms with Crippen LogP contribution in [0.4, 0.5) is 0 Å². The Balaban J connectivity index is 1.60. The molecule has 1 amide bonds. The molecule has 1 aliphatic heterocycles. The standard InChI is InChI=1S/C14H14BrN3O3/c1-9(18-7-11(15)6-17-18)14(19)16-5-10-2-3-12-13(4-10)21-8-20-12/h2-4,6-7,9H,5,8H2,1H3,(H,16,19)/t9-/m0/s1. The Labute approximate surface area is 130 Å². The molecule has 1 aliphatic rings. The normalized spacial score (nSPS) is 14.0. The molecule has 3 rings (SSSR count). The number of fused-ring (bicyclic) bond motifs is 1. The number of ether oxygens (including phenoxy) is 2. The molecule has 1 atom stereocenters. The highest BCUT2D eigenvalue weighted by Crippen LogP contribution is 2.32. The molecular weight excluding hydrogens is 338 g/mol. The van der Waals surface area contributed by atoms with Crippen molar-refractivity contribution >= 4 is 21.8 Å². The first kappa shape index (κ1) is 13.9. The zero-order valence-electron chi connectivity index (χ0n) is 11.4. The molecule has 0 aliphatic carbocycles. The van der Waals surface area contributed by atoms with E-state index in [2.05, 4.69) is 26.3 Å². The zero-order chi connectivity index (χ0) is 14.8. The summed E-state index contributed by atoms with van der Waals surface area (Å²) in [6.07, 6.45) is 3.42. The lowest BCUT2D eigenvalue weighted by Gasteiger charge is -2.12. The van der Waals surface area contributed by atoms with Crippen LogP contribution >= 0.6 is 15.9 Å². The highest BCUT2D eigenvalue weighted by Gasteiger charge is 2.17. The molecule has 0 saturated carbocycles. The van der Waals surface area contributed by atoms with Crippen LogP contribution in [0.15, 0.2) is 35.1 Å². The first-order valence-corrected chi connectivity index (χ1v) is 7.28. The molecular formula is C14H14BrN3O3. The highest BCUT2D eigenvalue weighted by molar-refractivity contribution is 9.10. The van der Waals surface area contributed by atoms with Crippen molar-refractivity contribution in [3.05, 3.63) is 40.6 Å². The predicted molar refractivity (Wildman–Crippen MR) is 79.0 cm³/mol. The van der Waals surface area contributed by atoms with Crippen molar-refractivity contribution in [1.29, 1.82) is 0 Å². The molecule has 0 unspecified atom stereocenters. The Bertz CT molecular complexity index is 671. The van der Waals surface area contributed by atoms with Gasteiger partial charge in [-0.15, -0.1) is 0 Å². The van der Waals surface area contributed by atoms with Gasteiger partial charge in [-0.2, -0.15) is 5.10 Å². The van der Waals surface area contributed by atoms with Crippen LogP contribution in [0.5, 0.6) is 11.5 Å². The smallest absolute Gasteiger partial charge is 0.244 e. The fourth-order valence-corrected chi connectivity index (χ4v) is 2.34. The summed E-state index contributed by atoms with van der Waals surface area (Å²) in [6, 6.07) is 5.25. The number of rotatable bonds is 4. The number of amides is 1. The molecule has 2 heterocycles. The molecule has 0 spiro atoms. The molecule has 1 aromatic heterocycles. The van der Waals surface area contributed by atoms with Crippen LogP contribution in [-0.2, 0) is 11.3 Å². The fraction of sp³-hybridized carbons (Fsp3) is 0.286. The van der Waals surface area contributed by atoms with Gasteiger partial charge in [-0.25, -0.2) is 0 Å². The molecule has 7 heteroatoms. The van der Waals surface area contributed by atoms with Crippen LogP contribution in [0.2, 0.25) is 0 Å². The van der Waals surface area contributed by atoms with Crippen LogP contribution in [0.3, 0.4) is 0 Å². The topological polar surface area (TPSA) is 65.4 Å². The summed E-state index contributed by atoms with van der Waals surface area (Å²) in [5.41, 5.74) is 0.960. The molecule has 2 aromatic rings. The number of hydrogen-bond acceptors (Lipinski definition) is 4. The number of hydrogen-bond donors (Lipinski definition) is 1. The van der Waals surface area contributed by atoms with Gasteiger partial charge in [0.15, 0.2) is 11.5 Å². The van der Waals surface area contributed by atoms with Crippen molar-refractivity contribution in [2.75, 3.05) is 6.79 Å². The second-order valence-corrected chi connectivity index (χ2v) is 5.64. The molecule has 6 nitrogen and oxygen atoms in total. The van der Waals surface area contributed by atoms with Crippen molar-refractivity contribution in [1.82, 2.24) is 15.1 Å². The van der Waals surface area contributed by atoms with Gasteiger partial charge in [0, 0.05) is 12.7 Å². The third-order valence-corrected chi connectivity index (χ3v) is 3.66. The second-order valence-electron chi connectivity index (χ2n) is 4.72. The summed E-state index contributed by atoms with van der Waals surface area (Å²) in [4.78, 5) is 12.1. The average molecular weight is 352 g/mol. The number of nitrogens with zero attached hydrogens (tertiary/aromatic N) is 2. The van der Waals surface area contributed by atoms with E-state index >= 15 is 0 Å². The van der Waals surface area contributed by atoms with Gasteiger partial charge in [-0.1, -0.05) is 6.07 Å². The minimum Gasteiger partial charge on any atom is -0.454 e. The Morgan fingerprint density at radius 2 is 2.29 bits per heavy atom. The monoisotopic (exact) mass is 351 g/mol. The van der Waals surface area contributed by atoms with E-state index in [9.17, 15) is 4.79 Å². The Kier molecular flexibility index (Phi) is 3.83. The Morgan fingerprint density at radius 1 is 1.48 bits per heavy atom. The van der Waals surface area contributed by atoms with Gasteiger partial charge in [0.05, 0.1) is 10.7 Å². The van der Waals surface area contributed by atoms with Crippen molar-refractivity contribution in [2.45, 2.75) is 19.5 Å². The van der Waals surface area contributed by atoms with Crippen LogP contribution in [0, 0.1) is 0 Å². The number of aromatic nitrogens is 2. The average Bonchev–Trinajstić information content (AvgIpc) is 3.11. The van der Waals surface area contributed by atoms with E-state index < -0.39 is 0 Å². The number of carbonyl (C=O) groups excluding carboxylic acids is 1. The number of carbonyl (C=O) groups is 1. The predicted octanol–water partition coefficient (Wildman–Crippen LogP) is 2.25. The third kappa shape index (κ3) is 3.02. The number of halogens is 1. The van der Waals surface area contributed by atoms with E-state index in [0.29, 0.717) is 12.3 Å². The van der Waals surface area contributed by atoms with Crippen molar-refractivity contribution in [2.24, 2.45) is 0 Å². The summed E-state index contributed by atoms with van der Waals surface area (Å²) >= 11 is 3.31. The maximum Gasteiger partial charge on any atom is 0.244 e. The molecule has 0 radical (unpaired) electrons. The van der Waals surface area contributed by atoms with Crippen molar-refractivity contribution in [3.63, 3.8) is 0 Å². The summed E-state index contributed by atoms with van der Waals surface area (Å²) < 4.78 is 13.0. The largest absolute Gasteiger partial charge is 0.454 e. The van der Waals surface area contributed by atoms with E-state index in [1.807, 2.05) is 18.2 Å². The van der Waals surface area contributed by atoms with Gasteiger partial charge in [0.1, 0.15) is 6.04 Å². The van der Waals surface area contributed by atoms with E-state index in [4.69, 9.17) is 9.47 Å². The van der Waals surface area contributed by atoms with Gasteiger partial charge >= 0.3 is 0 Å². The maximum atomic E-state index is 12.1. The summed E-state index contributed by atoms with van der Waals surface area (Å²) in [5, 5.41) is 7.00. The molecule has 1 N–H and O–H groups in total. The first-order valence-electron chi connectivity index (χ1n) is 6.49. The van der Waals surface area contributed by atoms with Crippen LogP contribution < -0.4 is 14.8 Å². The summed E-state index contributed by atoms with van der Waals surface area (Å²) in [6.45, 7) is 2.48. The van der Waals surface area contributed by atoms with Gasteiger partial charge in [0.25, 0.3) is 0 Å². The van der Waals surface area contributed by atoms with E-state index in [1.54, 1.807) is 24.0 Å². The van der Waals surface area contributed by atoms with Crippen LogP contribution in [0.25, 0.3) is 0 Å². The van der Waals surface area contributed by atoms with Gasteiger partial charge in [-0.3, -0.25) is 9.48 Å². The number of benzene rings is 1. The minimum atomic E-state index is -0.370. The van der Waals surface area contributed by atoms with Crippen LogP contribution in [-0.4, -0.2) is 22.5 Å². The van der Waals surface area contributed by atoms with Crippen molar-refractivity contribution < 1.29 is 14.3 Å². The van der Waals surface area contributed by atoms with E-state index in [1.165, 1.54) is 0 Å². The van der Waals surface area contributed by atoms with E-state index in [0.717, 1.165) is 15.8 Å².